The van der Waals surface area contributed by atoms with Gasteiger partial charge in [0.1, 0.15) is 0 Å². The van der Waals surface area contributed by atoms with Gasteiger partial charge in [-0.1, -0.05) is 6.07 Å². The zero-order valence-electron chi connectivity index (χ0n) is 13.7. The smallest absolute Gasteiger partial charge is 0.337 e. The van der Waals surface area contributed by atoms with Crippen molar-refractivity contribution in [1.82, 2.24) is 4.90 Å². The van der Waals surface area contributed by atoms with E-state index in [1.165, 1.54) is 7.11 Å². The number of hydrogen-bond donors (Lipinski definition) is 1. The first-order chi connectivity index (χ1) is 12.0. The molecule has 2 aromatic carbocycles. The van der Waals surface area contributed by atoms with Crippen LogP contribution in [0.2, 0.25) is 0 Å². The molecule has 0 spiro atoms. The summed E-state index contributed by atoms with van der Waals surface area (Å²) in [5.41, 5.74) is 3.00. The summed E-state index contributed by atoms with van der Waals surface area (Å²) < 4.78 is 4.64. The molecule has 0 aliphatic carbocycles. The highest BCUT2D eigenvalue weighted by atomic mass is 16.5. The molecule has 128 valence electrons. The van der Waals surface area contributed by atoms with Gasteiger partial charge in [-0.15, -0.1) is 0 Å². The number of fused-ring (bicyclic) bond motifs is 1. The van der Waals surface area contributed by atoms with Gasteiger partial charge >= 0.3 is 11.9 Å². The Labute approximate surface area is 144 Å². The molecule has 1 heterocycles. The van der Waals surface area contributed by atoms with Gasteiger partial charge in [-0.25, -0.2) is 9.59 Å². The zero-order chi connectivity index (χ0) is 18.0. The minimum atomic E-state index is -0.982. The molecule has 0 radical (unpaired) electrons. The lowest BCUT2D eigenvalue weighted by molar-refractivity contribution is 0.0598. The maximum absolute atomic E-state index is 12.7. The Hall–Kier alpha value is -3.15. The average Bonchev–Trinajstić information content (AvgIpc) is 2.66. The highest BCUT2D eigenvalue weighted by Gasteiger charge is 2.23. The summed E-state index contributed by atoms with van der Waals surface area (Å²) >= 11 is 0. The fraction of sp³-hybridized carbons (Fsp3) is 0.211. The first-order valence-corrected chi connectivity index (χ1v) is 7.82. The quantitative estimate of drug-likeness (QED) is 0.868. The van der Waals surface area contributed by atoms with E-state index in [2.05, 4.69) is 4.74 Å². The Balaban J connectivity index is 1.79. The second kappa shape index (κ2) is 6.76. The minimum absolute atomic E-state index is 0.150. The van der Waals surface area contributed by atoms with Crippen LogP contribution in [-0.2, 0) is 17.7 Å². The number of benzene rings is 2. The van der Waals surface area contributed by atoms with Gasteiger partial charge in [0.15, 0.2) is 0 Å². The van der Waals surface area contributed by atoms with Crippen LogP contribution in [0.25, 0.3) is 0 Å². The Kier molecular flexibility index (Phi) is 4.52. The van der Waals surface area contributed by atoms with Crippen LogP contribution >= 0.6 is 0 Å². The van der Waals surface area contributed by atoms with Gasteiger partial charge in [-0.2, -0.15) is 0 Å². The average molecular weight is 339 g/mol. The van der Waals surface area contributed by atoms with Crippen molar-refractivity contribution in [2.45, 2.75) is 13.0 Å². The normalized spacial score (nSPS) is 13.1. The Morgan fingerprint density at radius 2 is 1.60 bits per heavy atom. The van der Waals surface area contributed by atoms with Crippen LogP contribution < -0.4 is 0 Å². The molecule has 1 aliphatic rings. The van der Waals surface area contributed by atoms with Gasteiger partial charge in [0, 0.05) is 18.7 Å². The maximum atomic E-state index is 12.7. The summed E-state index contributed by atoms with van der Waals surface area (Å²) in [6.45, 7) is 0.936. The van der Waals surface area contributed by atoms with Crippen LogP contribution in [0.5, 0.6) is 0 Å². The van der Waals surface area contributed by atoms with Crippen molar-refractivity contribution >= 4 is 17.8 Å². The third-order valence-corrected chi connectivity index (χ3v) is 4.31. The van der Waals surface area contributed by atoms with Crippen LogP contribution in [-0.4, -0.2) is 41.5 Å². The molecule has 6 nitrogen and oxygen atoms in total. The van der Waals surface area contributed by atoms with Gasteiger partial charge in [0.2, 0.25) is 0 Å². The molecular weight excluding hydrogens is 322 g/mol. The number of ether oxygens (including phenoxy) is 1. The lowest BCUT2D eigenvalue weighted by Gasteiger charge is -2.29. The standard InChI is InChI=1S/C19H17NO5/c1-25-19(24)14-5-3-13(4-6-14)17(21)20-9-8-12-2-7-15(18(22)23)10-16(12)11-20/h2-7,10H,8-9,11H2,1H3,(H,22,23). The number of carboxylic acid groups (broad SMARTS) is 1. The van der Waals surface area contributed by atoms with Crippen molar-refractivity contribution in [3.63, 3.8) is 0 Å². The van der Waals surface area contributed by atoms with E-state index in [0.29, 0.717) is 30.6 Å². The highest BCUT2D eigenvalue weighted by Crippen LogP contribution is 2.22. The third-order valence-electron chi connectivity index (χ3n) is 4.31. The SMILES string of the molecule is COC(=O)c1ccc(C(=O)N2CCc3ccc(C(=O)O)cc3C2)cc1. The molecular formula is C19H17NO5. The molecule has 0 fully saturated rings. The van der Waals surface area contributed by atoms with E-state index in [9.17, 15) is 14.4 Å². The third kappa shape index (κ3) is 3.38. The van der Waals surface area contributed by atoms with Crippen LogP contribution in [0.4, 0.5) is 0 Å². The van der Waals surface area contributed by atoms with Crippen LogP contribution in [0, 0.1) is 0 Å². The van der Waals surface area contributed by atoms with Crippen molar-refractivity contribution in [1.29, 1.82) is 0 Å². The number of methoxy groups -OCH3 is 1. The Bertz CT molecular complexity index is 841. The van der Waals surface area contributed by atoms with Crippen molar-refractivity contribution in [3.05, 3.63) is 70.3 Å². The number of carbonyl (C=O) groups is 3. The number of aromatic carboxylic acids is 1. The Morgan fingerprint density at radius 1 is 0.960 bits per heavy atom. The topological polar surface area (TPSA) is 83.9 Å². The molecule has 6 heteroatoms. The Morgan fingerprint density at radius 3 is 2.24 bits per heavy atom. The van der Waals surface area contributed by atoms with E-state index < -0.39 is 11.9 Å². The summed E-state index contributed by atoms with van der Waals surface area (Å²) in [5.74, 6) is -1.58. The summed E-state index contributed by atoms with van der Waals surface area (Å²) in [4.78, 5) is 36.9. The number of hydrogen-bond acceptors (Lipinski definition) is 4. The molecule has 0 atom stereocenters. The summed E-state index contributed by atoms with van der Waals surface area (Å²) in [6.07, 6.45) is 0.682. The van der Waals surface area contributed by atoms with Crippen molar-refractivity contribution in [2.75, 3.05) is 13.7 Å². The molecule has 2 aromatic rings. The fourth-order valence-electron chi connectivity index (χ4n) is 2.91. The largest absolute Gasteiger partial charge is 0.478 e. The molecule has 0 bridgehead atoms. The molecule has 3 rings (SSSR count). The van der Waals surface area contributed by atoms with E-state index in [0.717, 1.165) is 11.1 Å². The molecule has 25 heavy (non-hydrogen) atoms. The summed E-state index contributed by atoms with van der Waals surface area (Å²) in [6, 6.07) is 11.3. The second-order valence-electron chi connectivity index (χ2n) is 5.83. The predicted octanol–water partition coefficient (Wildman–Crippen LogP) is 2.37. The van der Waals surface area contributed by atoms with Gasteiger partial charge < -0.3 is 14.7 Å². The predicted molar refractivity (Wildman–Crippen MR) is 89.6 cm³/mol. The zero-order valence-corrected chi connectivity index (χ0v) is 13.7. The van der Waals surface area contributed by atoms with E-state index in [-0.39, 0.29) is 11.5 Å². The van der Waals surface area contributed by atoms with Gasteiger partial charge in [0.25, 0.3) is 5.91 Å². The van der Waals surface area contributed by atoms with Gasteiger partial charge in [-0.05, 0) is 53.9 Å². The summed E-state index contributed by atoms with van der Waals surface area (Å²) in [5, 5.41) is 9.11. The highest BCUT2D eigenvalue weighted by molar-refractivity contribution is 5.96. The minimum Gasteiger partial charge on any atom is -0.478 e. The van der Waals surface area contributed by atoms with Crippen molar-refractivity contribution in [2.24, 2.45) is 0 Å². The number of carbonyl (C=O) groups excluding carboxylic acids is 2. The van der Waals surface area contributed by atoms with E-state index >= 15 is 0 Å². The van der Waals surface area contributed by atoms with Crippen molar-refractivity contribution in [3.8, 4) is 0 Å². The van der Waals surface area contributed by atoms with Gasteiger partial charge in [-0.3, -0.25) is 4.79 Å². The van der Waals surface area contributed by atoms with Crippen LogP contribution in [0.15, 0.2) is 42.5 Å². The fourth-order valence-corrected chi connectivity index (χ4v) is 2.91. The molecule has 0 saturated heterocycles. The molecule has 0 saturated carbocycles. The van der Waals surface area contributed by atoms with Crippen LogP contribution in [0.1, 0.15) is 42.2 Å². The van der Waals surface area contributed by atoms with Gasteiger partial charge in [0.05, 0.1) is 18.2 Å². The molecule has 0 aromatic heterocycles. The number of nitrogens with zero attached hydrogens (tertiary/aromatic N) is 1. The van der Waals surface area contributed by atoms with E-state index in [4.69, 9.17) is 5.11 Å². The first-order valence-electron chi connectivity index (χ1n) is 7.82. The van der Waals surface area contributed by atoms with Crippen LogP contribution in [0.3, 0.4) is 0 Å². The molecule has 0 unspecified atom stereocenters. The first kappa shape index (κ1) is 16.7. The second-order valence-corrected chi connectivity index (χ2v) is 5.83. The van der Waals surface area contributed by atoms with E-state index in [1.807, 2.05) is 6.07 Å². The van der Waals surface area contributed by atoms with Crippen molar-refractivity contribution < 1.29 is 24.2 Å². The number of rotatable bonds is 3. The number of esters is 1. The molecule has 1 N–H and O–H groups in total. The number of carboxylic acids is 1. The molecule has 1 amide bonds. The monoisotopic (exact) mass is 339 g/mol. The lowest BCUT2D eigenvalue weighted by Crippen LogP contribution is -2.36. The summed E-state index contributed by atoms with van der Waals surface area (Å²) in [7, 11) is 1.30. The van der Waals surface area contributed by atoms with E-state index in [1.54, 1.807) is 41.3 Å². The maximum Gasteiger partial charge on any atom is 0.337 e. The number of amides is 1. The molecule has 1 aliphatic heterocycles. The lowest BCUT2D eigenvalue weighted by atomic mass is 9.97.